The third-order valence-corrected chi connectivity index (χ3v) is 6.17. The van der Waals surface area contributed by atoms with Crippen molar-refractivity contribution in [3.63, 3.8) is 0 Å². The lowest BCUT2D eigenvalue weighted by molar-refractivity contribution is -0.199. The number of benzene rings is 2. The van der Waals surface area contributed by atoms with Gasteiger partial charge in [0.05, 0.1) is 12.1 Å². The minimum atomic E-state index is -4.71. The number of carbonyl (C=O) groups excluding carboxylic acids is 1. The number of primary amides is 1. The van der Waals surface area contributed by atoms with Gasteiger partial charge < -0.3 is 15.2 Å². The van der Waals surface area contributed by atoms with E-state index >= 15 is 0 Å². The number of rotatable bonds is 8. The summed E-state index contributed by atoms with van der Waals surface area (Å²) in [5, 5.41) is 9.72. The van der Waals surface area contributed by atoms with Crippen molar-refractivity contribution < 1.29 is 27.4 Å². The van der Waals surface area contributed by atoms with E-state index in [1.807, 2.05) is 6.07 Å². The molecule has 2 aromatic rings. The van der Waals surface area contributed by atoms with Gasteiger partial charge in [-0.1, -0.05) is 43.7 Å². The fraction of sp³-hybridized carbons (Fsp3) is 0.417. The Morgan fingerprint density at radius 2 is 1.79 bits per heavy atom. The number of alkyl halides is 3. The van der Waals surface area contributed by atoms with Crippen molar-refractivity contribution in [2.45, 2.75) is 56.4 Å². The quantitative estimate of drug-likeness (QED) is 0.618. The Bertz CT molecular complexity index is 1080. The number of hydrogen-bond donors (Lipinski definition) is 1. The molecule has 0 spiro atoms. The smallest absolute Gasteiger partial charge is 0.408 e. The largest absolute Gasteiger partial charge is 0.454 e. The molecule has 2 aromatic carbocycles. The summed E-state index contributed by atoms with van der Waals surface area (Å²) in [5.41, 5.74) is 5.59. The molecule has 1 aliphatic heterocycles. The Hall–Kier alpha value is -3.25. The van der Waals surface area contributed by atoms with Crippen molar-refractivity contribution in [3.05, 3.63) is 48.0 Å². The van der Waals surface area contributed by atoms with Crippen LogP contribution in [0.3, 0.4) is 0 Å². The van der Waals surface area contributed by atoms with Gasteiger partial charge in [0.1, 0.15) is 11.6 Å². The zero-order valence-electron chi connectivity index (χ0n) is 18.1. The molecule has 0 aromatic heterocycles. The van der Waals surface area contributed by atoms with Crippen LogP contribution < -0.4 is 15.2 Å². The molecule has 4 rings (SSSR count). The minimum absolute atomic E-state index is 0.0455. The van der Waals surface area contributed by atoms with Gasteiger partial charge in [-0.15, -0.1) is 0 Å². The van der Waals surface area contributed by atoms with E-state index in [0.717, 1.165) is 10.5 Å². The monoisotopic (exact) mass is 459 g/mol. The number of nitriles is 1. The lowest BCUT2D eigenvalue weighted by Gasteiger charge is -2.41. The first-order valence-corrected chi connectivity index (χ1v) is 10.8. The van der Waals surface area contributed by atoms with Crippen LogP contribution in [-0.2, 0) is 4.79 Å². The first kappa shape index (κ1) is 22.9. The van der Waals surface area contributed by atoms with Crippen LogP contribution in [0, 0.1) is 11.3 Å². The van der Waals surface area contributed by atoms with Gasteiger partial charge in [0, 0.05) is 0 Å². The second kappa shape index (κ2) is 8.60. The molecule has 1 aliphatic carbocycles. The number of halogens is 3. The van der Waals surface area contributed by atoms with Crippen molar-refractivity contribution in [2.75, 3.05) is 6.79 Å². The van der Waals surface area contributed by atoms with E-state index in [1.54, 1.807) is 37.3 Å². The molecule has 1 fully saturated rings. The lowest BCUT2D eigenvalue weighted by Crippen LogP contribution is -2.55. The summed E-state index contributed by atoms with van der Waals surface area (Å²) in [6.07, 6.45) is -3.59. The van der Waals surface area contributed by atoms with Crippen LogP contribution in [0.5, 0.6) is 11.5 Å². The van der Waals surface area contributed by atoms with Gasteiger partial charge in [0.2, 0.25) is 12.7 Å². The average Bonchev–Trinajstić information content (AvgIpc) is 3.43. The van der Waals surface area contributed by atoms with Crippen molar-refractivity contribution in [1.82, 2.24) is 4.90 Å². The molecule has 2 atom stereocenters. The molecule has 9 heteroatoms. The molecule has 0 unspecified atom stereocenters. The van der Waals surface area contributed by atoms with Crippen LogP contribution in [0.2, 0.25) is 0 Å². The van der Waals surface area contributed by atoms with E-state index in [-0.39, 0.29) is 31.6 Å². The van der Waals surface area contributed by atoms with Gasteiger partial charge in [-0.05, 0) is 48.1 Å². The number of fused-ring (bicyclic) bond motifs is 1. The van der Waals surface area contributed by atoms with Crippen LogP contribution in [0.1, 0.15) is 44.2 Å². The van der Waals surface area contributed by atoms with Crippen LogP contribution >= 0.6 is 0 Å². The fourth-order valence-electron chi connectivity index (χ4n) is 4.40. The molecule has 2 aliphatic rings. The summed E-state index contributed by atoms with van der Waals surface area (Å²) in [6, 6.07) is 9.98. The molecule has 2 N–H and O–H groups in total. The molecular weight excluding hydrogens is 435 g/mol. The SMILES string of the molecule is CCC[C@@H](C(N)=O)N([C@@H](c1ccc(-c2ccc3c(c2)OCO3)cc1)C(F)(F)F)C1(C#N)CC1. The Balaban J connectivity index is 1.73. The normalized spacial score (nSPS) is 17.9. The van der Waals surface area contributed by atoms with E-state index in [9.17, 15) is 23.2 Å². The number of hydrogen-bond acceptors (Lipinski definition) is 5. The first-order valence-electron chi connectivity index (χ1n) is 10.8. The summed E-state index contributed by atoms with van der Waals surface area (Å²) in [5.74, 6) is 0.330. The molecule has 174 valence electrons. The highest BCUT2D eigenvalue weighted by atomic mass is 19.4. The number of nitrogens with two attached hydrogens (primary N) is 1. The van der Waals surface area contributed by atoms with Gasteiger partial charge in [0.15, 0.2) is 11.5 Å². The highest BCUT2D eigenvalue weighted by Gasteiger charge is 2.60. The van der Waals surface area contributed by atoms with Gasteiger partial charge in [-0.25, -0.2) is 0 Å². The van der Waals surface area contributed by atoms with E-state index < -0.39 is 29.7 Å². The van der Waals surface area contributed by atoms with Gasteiger partial charge in [-0.3, -0.25) is 9.69 Å². The Labute approximate surface area is 189 Å². The maximum Gasteiger partial charge on any atom is 0.408 e. The highest BCUT2D eigenvalue weighted by molar-refractivity contribution is 5.80. The molecule has 33 heavy (non-hydrogen) atoms. The summed E-state index contributed by atoms with van der Waals surface area (Å²) in [6.45, 7) is 1.89. The summed E-state index contributed by atoms with van der Waals surface area (Å²) in [4.78, 5) is 13.2. The van der Waals surface area contributed by atoms with Crippen LogP contribution in [-0.4, -0.2) is 35.4 Å². The minimum Gasteiger partial charge on any atom is -0.454 e. The standard InChI is InChI=1S/C24H24F3N3O3/c1-2-3-18(22(29)31)30(23(13-28)10-11-23)21(24(25,26)27)16-6-4-15(5-7-16)17-8-9-19-20(12-17)33-14-32-19/h4-9,12,18,21H,2-3,10-11,14H2,1H3,(H2,29,31)/t18-,21-/m0/s1. The Kier molecular flexibility index (Phi) is 5.97. The van der Waals surface area contributed by atoms with Crippen LogP contribution in [0.15, 0.2) is 42.5 Å². The third-order valence-electron chi connectivity index (χ3n) is 6.17. The maximum absolute atomic E-state index is 14.5. The predicted molar refractivity (Wildman–Crippen MR) is 114 cm³/mol. The van der Waals surface area contributed by atoms with E-state index in [0.29, 0.717) is 23.5 Å². The maximum atomic E-state index is 14.5. The topological polar surface area (TPSA) is 88.6 Å². The molecular formula is C24H24F3N3O3. The molecule has 1 saturated carbocycles. The average molecular weight is 459 g/mol. The second-order valence-electron chi connectivity index (χ2n) is 8.39. The highest BCUT2D eigenvalue weighted by Crippen LogP contribution is 2.52. The van der Waals surface area contributed by atoms with Crippen molar-refractivity contribution in [3.8, 4) is 28.7 Å². The summed E-state index contributed by atoms with van der Waals surface area (Å²) in [7, 11) is 0. The lowest BCUT2D eigenvalue weighted by atomic mass is 9.95. The van der Waals surface area contributed by atoms with E-state index in [1.165, 1.54) is 12.1 Å². The zero-order chi connectivity index (χ0) is 23.8. The Morgan fingerprint density at radius 1 is 1.15 bits per heavy atom. The van der Waals surface area contributed by atoms with E-state index in [4.69, 9.17) is 15.2 Å². The van der Waals surface area contributed by atoms with Crippen LogP contribution in [0.4, 0.5) is 13.2 Å². The molecule has 6 nitrogen and oxygen atoms in total. The second-order valence-corrected chi connectivity index (χ2v) is 8.39. The van der Waals surface area contributed by atoms with E-state index in [2.05, 4.69) is 0 Å². The summed E-state index contributed by atoms with van der Waals surface area (Å²) < 4.78 is 54.0. The van der Waals surface area contributed by atoms with Gasteiger partial charge in [-0.2, -0.15) is 18.4 Å². The first-order chi connectivity index (χ1) is 15.7. The van der Waals surface area contributed by atoms with Gasteiger partial charge in [0.25, 0.3) is 0 Å². The van der Waals surface area contributed by atoms with Crippen molar-refractivity contribution in [2.24, 2.45) is 5.73 Å². The van der Waals surface area contributed by atoms with Crippen molar-refractivity contribution >= 4 is 5.91 Å². The molecule has 0 saturated heterocycles. The number of ether oxygens (including phenoxy) is 2. The molecule has 0 radical (unpaired) electrons. The number of carbonyl (C=O) groups is 1. The molecule has 1 amide bonds. The zero-order valence-corrected chi connectivity index (χ0v) is 18.1. The number of amides is 1. The number of nitrogens with zero attached hydrogens (tertiary/aromatic N) is 2. The molecule has 0 bridgehead atoms. The predicted octanol–water partition coefficient (Wildman–Crippen LogP) is 4.70. The molecule has 1 heterocycles. The van der Waals surface area contributed by atoms with Crippen LogP contribution in [0.25, 0.3) is 11.1 Å². The van der Waals surface area contributed by atoms with Gasteiger partial charge >= 0.3 is 6.18 Å². The third kappa shape index (κ3) is 4.35. The summed E-state index contributed by atoms with van der Waals surface area (Å²) >= 11 is 0. The fourth-order valence-corrected chi connectivity index (χ4v) is 4.40. The van der Waals surface area contributed by atoms with Crippen molar-refractivity contribution in [1.29, 1.82) is 5.26 Å². The Morgan fingerprint density at radius 3 is 2.33 bits per heavy atom.